The van der Waals surface area contributed by atoms with Crippen LogP contribution in [-0.4, -0.2) is 26.9 Å². The molecule has 0 aliphatic heterocycles. The van der Waals surface area contributed by atoms with E-state index < -0.39 is 0 Å². The molecule has 0 bridgehead atoms. The number of aliphatic hydroxyl groups excluding tert-OH is 1. The van der Waals surface area contributed by atoms with Crippen molar-refractivity contribution in [1.82, 2.24) is 9.97 Å². The zero-order valence-electron chi connectivity index (χ0n) is 7.49. The molecule has 0 aromatic carbocycles. The van der Waals surface area contributed by atoms with Crippen molar-refractivity contribution in [3.63, 3.8) is 0 Å². The second-order valence-electron chi connectivity index (χ2n) is 2.74. The fourth-order valence-electron chi connectivity index (χ4n) is 0.753. The summed E-state index contributed by atoms with van der Waals surface area (Å²) in [7, 11) is 0. The van der Waals surface area contributed by atoms with Crippen LogP contribution in [0.1, 0.15) is 12.5 Å². The van der Waals surface area contributed by atoms with Crippen LogP contribution in [0.15, 0.2) is 11.2 Å². The van der Waals surface area contributed by atoms with Crippen LogP contribution in [0.4, 0.5) is 0 Å². The van der Waals surface area contributed by atoms with Gasteiger partial charge in [0.25, 0.3) is 0 Å². The monoisotopic (exact) mass is 218 g/mol. The molecule has 1 heterocycles. The second-order valence-corrected chi connectivity index (χ2v) is 4.50. The molecule has 72 valence electrons. The van der Waals surface area contributed by atoms with Gasteiger partial charge in [0.1, 0.15) is 5.03 Å². The van der Waals surface area contributed by atoms with E-state index in [-0.39, 0.29) is 17.1 Å². The first-order valence-electron chi connectivity index (χ1n) is 3.90. The maximum absolute atomic E-state index is 8.86. The first-order chi connectivity index (χ1) is 6.13. The van der Waals surface area contributed by atoms with Crippen molar-refractivity contribution in [1.29, 1.82) is 0 Å². The summed E-state index contributed by atoms with van der Waals surface area (Å²) in [5.41, 5.74) is 0.981. The Bertz CT molecular complexity index is 295. The van der Waals surface area contributed by atoms with Crippen LogP contribution >= 0.6 is 23.4 Å². The van der Waals surface area contributed by atoms with E-state index in [4.69, 9.17) is 16.7 Å². The summed E-state index contributed by atoms with van der Waals surface area (Å²) in [6.45, 7) is 3.98. The molecule has 1 atom stereocenters. The molecule has 13 heavy (non-hydrogen) atoms. The van der Waals surface area contributed by atoms with Crippen LogP contribution in [-0.2, 0) is 0 Å². The molecule has 0 aliphatic rings. The van der Waals surface area contributed by atoms with Crippen LogP contribution in [0, 0.1) is 6.92 Å². The van der Waals surface area contributed by atoms with Crippen molar-refractivity contribution in [3.8, 4) is 0 Å². The molecule has 0 spiro atoms. The average molecular weight is 219 g/mol. The second kappa shape index (κ2) is 4.79. The minimum Gasteiger partial charge on any atom is -0.395 e. The Labute approximate surface area is 86.6 Å². The number of nitrogens with zero attached hydrogens (tertiary/aromatic N) is 2. The highest BCUT2D eigenvalue weighted by Gasteiger charge is 2.07. The number of aryl methyl sites for hydroxylation is 1. The van der Waals surface area contributed by atoms with Gasteiger partial charge in [-0.1, -0.05) is 6.92 Å². The molecule has 5 heteroatoms. The predicted octanol–water partition coefficient (Wildman–Crippen LogP) is 1.91. The lowest BCUT2D eigenvalue weighted by Gasteiger charge is -2.08. The van der Waals surface area contributed by atoms with Gasteiger partial charge in [0.05, 0.1) is 6.61 Å². The van der Waals surface area contributed by atoms with Crippen molar-refractivity contribution in [3.05, 3.63) is 17.0 Å². The highest BCUT2D eigenvalue weighted by atomic mass is 35.5. The molecule has 0 amide bonds. The Hall–Kier alpha value is -0.320. The van der Waals surface area contributed by atoms with Crippen LogP contribution in [0.25, 0.3) is 0 Å². The van der Waals surface area contributed by atoms with Gasteiger partial charge in [-0.2, -0.15) is 0 Å². The number of halogens is 1. The third kappa shape index (κ3) is 3.14. The van der Waals surface area contributed by atoms with E-state index in [0.29, 0.717) is 0 Å². The molecule has 0 radical (unpaired) electrons. The van der Waals surface area contributed by atoms with E-state index >= 15 is 0 Å². The SMILES string of the molecule is Cc1cnc(Cl)nc1SC(C)CO. The quantitative estimate of drug-likeness (QED) is 0.478. The van der Waals surface area contributed by atoms with E-state index in [1.807, 2.05) is 13.8 Å². The Kier molecular flexibility index (Phi) is 3.96. The first kappa shape index (κ1) is 10.8. The lowest BCUT2D eigenvalue weighted by Crippen LogP contribution is -2.03. The van der Waals surface area contributed by atoms with Gasteiger partial charge in [0.2, 0.25) is 5.28 Å². The van der Waals surface area contributed by atoms with Crippen molar-refractivity contribution in [2.75, 3.05) is 6.61 Å². The van der Waals surface area contributed by atoms with Crippen LogP contribution in [0.2, 0.25) is 5.28 Å². The largest absolute Gasteiger partial charge is 0.395 e. The zero-order valence-corrected chi connectivity index (χ0v) is 9.06. The molecule has 1 aromatic heterocycles. The fraction of sp³-hybridized carbons (Fsp3) is 0.500. The Morgan fingerprint density at radius 3 is 3.00 bits per heavy atom. The van der Waals surface area contributed by atoms with Gasteiger partial charge in [-0.15, -0.1) is 11.8 Å². The van der Waals surface area contributed by atoms with E-state index in [9.17, 15) is 0 Å². The number of aromatic nitrogens is 2. The first-order valence-corrected chi connectivity index (χ1v) is 5.16. The highest BCUT2D eigenvalue weighted by Crippen LogP contribution is 2.24. The third-order valence-corrected chi connectivity index (χ3v) is 2.84. The molecular weight excluding hydrogens is 208 g/mol. The third-order valence-electron chi connectivity index (χ3n) is 1.47. The summed E-state index contributed by atoms with van der Waals surface area (Å²) in [6, 6.07) is 0. The van der Waals surface area contributed by atoms with Gasteiger partial charge in [-0.05, 0) is 24.1 Å². The van der Waals surface area contributed by atoms with Crippen molar-refractivity contribution < 1.29 is 5.11 Å². The lowest BCUT2D eigenvalue weighted by atomic mass is 10.4. The van der Waals surface area contributed by atoms with Crippen molar-refractivity contribution in [2.45, 2.75) is 24.1 Å². The van der Waals surface area contributed by atoms with Crippen molar-refractivity contribution >= 4 is 23.4 Å². The predicted molar refractivity (Wildman–Crippen MR) is 54.2 cm³/mol. The lowest BCUT2D eigenvalue weighted by molar-refractivity contribution is 0.300. The summed E-state index contributed by atoms with van der Waals surface area (Å²) in [5.74, 6) is 0. The van der Waals surface area contributed by atoms with Crippen LogP contribution in [0.3, 0.4) is 0 Å². The number of hydrogen-bond acceptors (Lipinski definition) is 4. The summed E-state index contributed by atoms with van der Waals surface area (Å²) >= 11 is 7.14. The number of hydrogen-bond donors (Lipinski definition) is 1. The van der Waals surface area contributed by atoms with E-state index in [1.165, 1.54) is 11.8 Å². The molecule has 1 N–H and O–H groups in total. The van der Waals surface area contributed by atoms with Gasteiger partial charge in [0.15, 0.2) is 0 Å². The topological polar surface area (TPSA) is 46.0 Å². The van der Waals surface area contributed by atoms with E-state index in [0.717, 1.165) is 10.6 Å². The van der Waals surface area contributed by atoms with Gasteiger partial charge in [0, 0.05) is 11.4 Å². The Balaban J connectivity index is 2.81. The summed E-state index contributed by atoms with van der Waals surface area (Å²) < 4.78 is 0. The molecule has 0 aliphatic carbocycles. The molecule has 1 rings (SSSR count). The fourth-order valence-corrected chi connectivity index (χ4v) is 1.77. The standard InChI is InChI=1S/C8H11ClN2OS/c1-5-3-10-8(9)11-7(5)13-6(2)4-12/h3,6,12H,4H2,1-2H3. The average Bonchev–Trinajstić information content (AvgIpc) is 2.11. The van der Waals surface area contributed by atoms with E-state index in [2.05, 4.69) is 9.97 Å². The maximum Gasteiger partial charge on any atom is 0.223 e. The molecular formula is C8H11ClN2OS. The molecule has 1 aromatic rings. The minimum absolute atomic E-state index is 0.129. The van der Waals surface area contributed by atoms with Gasteiger partial charge < -0.3 is 5.11 Å². The minimum atomic E-state index is 0.129. The van der Waals surface area contributed by atoms with Gasteiger partial charge in [-0.3, -0.25) is 0 Å². The smallest absolute Gasteiger partial charge is 0.223 e. The van der Waals surface area contributed by atoms with Crippen LogP contribution in [0.5, 0.6) is 0 Å². The summed E-state index contributed by atoms with van der Waals surface area (Å²) in [5, 5.41) is 10.1. The number of thioether (sulfide) groups is 1. The van der Waals surface area contributed by atoms with Crippen LogP contribution < -0.4 is 0 Å². The maximum atomic E-state index is 8.86. The van der Waals surface area contributed by atoms with Gasteiger partial charge >= 0.3 is 0 Å². The Morgan fingerprint density at radius 1 is 1.69 bits per heavy atom. The van der Waals surface area contributed by atoms with E-state index in [1.54, 1.807) is 6.20 Å². The molecule has 0 saturated heterocycles. The molecule has 3 nitrogen and oxygen atoms in total. The highest BCUT2D eigenvalue weighted by molar-refractivity contribution is 7.99. The summed E-state index contributed by atoms with van der Waals surface area (Å²) in [4.78, 5) is 7.92. The number of aliphatic hydroxyl groups is 1. The number of rotatable bonds is 3. The normalized spacial score (nSPS) is 12.9. The molecule has 0 fully saturated rings. The zero-order chi connectivity index (χ0) is 9.84. The summed E-state index contributed by atoms with van der Waals surface area (Å²) in [6.07, 6.45) is 1.68. The molecule has 0 saturated carbocycles. The Morgan fingerprint density at radius 2 is 2.38 bits per heavy atom. The molecule has 1 unspecified atom stereocenters. The van der Waals surface area contributed by atoms with Gasteiger partial charge in [-0.25, -0.2) is 9.97 Å². The van der Waals surface area contributed by atoms with Crippen molar-refractivity contribution in [2.24, 2.45) is 0 Å².